The fourth-order valence-electron chi connectivity index (χ4n) is 4.36. The molecule has 23 heavy (non-hydrogen) atoms. The van der Waals surface area contributed by atoms with E-state index < -0.39 is 0 Å². The first-order chi connectivity index (χ1) is 11.0. The molecule has 3 aliphatic rings. The smallest absolute Gasteiger partial charge is 0.219 e. The van der Waals surface area contributed by atoms with Crippen LogP contribution in [-0.2, 0) is 4.79 Å². The van der Waals surface area contributed by atoms with E-state index in [1.807, 2.05) is 0 Å². The minimum atomic E-state index is -0.0261. The molecule has 1 aliphatic heterocycles. The summed E-state index contributed by atoms with van der Waals surface area (Å²) in [6.45, 7) is 4.29. The first-order valence-electron chi connectivity index (χ1n) is 8.66. The number of fused-ring (bicyclic) bond motifs is 1. The number of nitrogens with one attached hydrogen (secondary N) is 2. The number of hydrogen-bond donors (Lipinski definition) is 2. The third kappa shape index (κ3) is 2.64. The van der Waals surface area contributed by atoms with E-state index in [0.29, 0.717) is 24.0 Å². The van der Waals surface area contributed by atoms with Crippen molar-refractivity contribution in [3.05, 3.63) is 11.3 Å². The molecular weight excluding hydrogens is 292 g/mol. The lowest BCUT2D eigenvalue weighted by atomic mass is 9.71. The molecule has 1 aromatic rings. The number of Topliss-reactive ketones (excluding diaryl/α,β-unsaturated/α-hetero) is 1. The normalized spacial score (nSPS) is 27.6. The number of rotatable bonds is 1. The van der Waals surface area contributed by atoms with Gasteiger partial charge in [-0.1, -0.05) is 33.1 Å². The van der Waals surface area contributed by atoms with Gasteiger partial charge >= 0.3 is 0 Å². The molecule has 2 N–H and O–H groups in total. The molecule has 1 unspecified atom stereocenters. The second-order valence-electron chi connectivity index (χ2n) is 7.94. The van der Waals surface area contributed by atoms with Crippen molar-refractivity contribution >= 4 is 17.4 Å². The quantitative estimate of drug-likeness (QED) is 0.825. The highest BCUT2D eigenvalue weighted by atomic mass is 16.6. The fraction of sp³-hybridized carbons (Fsp3) is 0.706. The minimum Gasteiger partial charge on any atom is -0.357 e. The maximum atomic E-state index is 12.9. The Balaban J connectivity index is 1.77. The lowest BCUT2D eigenvalue weighted by Gasteiger charge is -2.37. The van der Waals surface area contributed by atoms with Gasteiger partial charge in [0, 0.05) is 17.7 Å². The highest BCUT2D eigenvalue weighted by molar-refractivity contribution is 6.00. The Morgan fingerprint density at radius 2 is 1.83 bits per heavy atom. The Kier molecular flexibility index (Phi) is 3.43. The summed E-state index contributed by atoms with van der Waals surface area (Å²) in [5, 5.41) is 14.7. The molecule has 1 atom stereocenters. The van der Waals surface area contributed by atoms with Gasteiger partial charge in [0.05, 0.1) is 6.04 Å². The van der Waals surface area contributed by atoms with Gasteiger partial charge in [-0.15, -0.1) is 0 Å². The minimum absolute atomic E-state index is 0.0227. The Morgan fingerprint density at radius 3 is 2.61 bits per heavy atom. The second kappa shape index (κ2) is 5.35. The maximum absolute atomic E-state index is 12.9. The second-order valence-corrected chi connectivity index (χ2v) is 7.94. The molecule has 4 rings (SSSR count). The number of ketones is 1. The van der Waals surface area contributed by atoms with Crippen LogP contribution in [0.3, 0.4) is 0 Å². The van der Waals surface area contributed by atoms with Crippen LogP contribution in [0.4, 0.5) is 11.6 Å². The lowest BCUT2D eigenvalue weighted by molar-refractivity contribution is -0.118. The molecule has 2 heterocycles. The van der Waals surface area contributed by atoms with Crippen molar-refractivity contribution in [1.82, 2.24) is 10.3 Å². The number of carbonyl (C=O) groups excluding carboxylic acids is 1. The molecule has 0 aromatic carbocycles. The third-order valence-electron chi connectivity index (χ3n) is 5.40. The lowest BCUT2D eigenvalue weighted by Crippen LogP contribution is -2.39. The topological polar surface area (TPSA) is 80.1 Å². The summed E-state index contributed by atoms with van der Waals surface area (Å²) in [5.74, 6) is 1.96. The van der Waals surface area contributed by atoms with E-state index in [1.165, 1.54) is 19.3 Å². The van der Waals surface area contributed by atoms with Crippen molar-refractivity contribution in [2.24, 2.45) is 11.3 Å². The summed E-state index contributed by atoms with van der Waals surface area (Å²) in [7, 11) is 0. The third-order valence-corrected chi connectivity index (χ3v) is 5.40. The highest BCUT2D eigenvalue weighted by Gasteiger charge is 2.41. The van der Waals surface area contributed by atoms with E-state index in [-0.39, 0.29) is 17.2 Å². The summed E-state index contributed by atoms with van der Waals surface area (Å²) >= 11 is 0. The maximum Gasteiger partial charge on any atom is 0.219 e. The van der Waals surface area contributed by atoms with Crippen LogP contribution < -0.4 is 10.6 Å². The zero-order chi connectivity index (χ0) is 16.0. The monoisotopic (exact) mass is 316 g/mol. The highest BCUT2D eigenvalue weighted by Crippen LogP contribution is 2.43. The van der Waals surface area contributed by atoms with Gasteiger partial charge in [-0.2, -0.15) is 0 Å². The fourth-order valence-corrected chi connectivity index (χ4v) is 4.36. The van der Waals surface area contributed by atoms with Gasteiger partial charge in [-0.25, -0.2) is 4.63 Å². The SMILES string of the molecule is CC1(C)CC(=O)C2=C(C1)Nc1nonc1NC2C1CCCCC1. The average Bonchev–Trinajstić information content (AvgIpc) is 2.86. The molecule has 6 heteroatoms. The summed E-state index contributed by atoms with van der Waals surface area (Å²) in [5.41, 5.74) is 1.90. The van der Waals surface area contributed by atoms with Crippen molar-refractivity contribution in [3.8, 4) is 0 Å². The van der Waals surface area contributed by atoms with Gasteiger partial charge in [-0.3, -0.25) is 4.79 Å². The van der Waals surface area contributed by atoms with Gasteiger partial charge in [0.15, 0.2) is 5.78 Å². The molecular formula is C17H24N4O2. The van der Waals surface area contributed by atoms with Crippen LogP contribution >= 0.6 is 0 Å². The molecule has 2 aliphatic carbocycles. The van der Waals surface area contributed by atoms with E-state index >= 15 is 0 Å². The summed E-state index contributed by atoms with van der Waals surface area (Å²) in [6.07, 6.45) is 7.55. The Bertz CT molecular complexity index is 655. The Morgan fingerprint density at radius 1 is 1.09 bits per heavy atom. The van der Waals surface area contributed by atoms with E-state index in [0.717, 1.165) is 30.5 Å². The number of anilines is 2. The van der Waals surface area contributed by atoms with Gasteiger partial charge in [-0.05, 0) is 40.9 Å². The number of aromatic nitrogens is 2. The van der Waals surface area contributed by atoms with Crippen LogP contribution in [0, 0.1) is 11.3 Å². The van der Waals surface area contributed by atoms with Crippen molar-refractivity contribution in [2.45, 2.75) is 64.8 Å². The number of nitrogens with zero attached hydrogens (tertiary/aromatic N) is 2. The van der Waals surface area contributed by atoms with Gasteiger partial charge in [0.2, 0.25) is 11.6 Å². The molecule has 124 valence electrons. The van der Waals surface area contributed by atoms with E-state index in [1.54, 1.807) is 0 Å². The van der Waals surface area contributed by atoms with Crippen molar-refractivity contribution < 1.29 is 9.42 Å². The zero-order valence-electron chi connectivity index (χ0n) is 13.8. The van der Waals surface area contributed by atoms with Gasteiger partial charge in [0.1, 0.15) is 0 Å². The molecule has 1 saturated carbocycles. The molecule has 0 spiro atoms. The van der Waals surface area contributed by atoms with E-state index in [4.69, 9.17) is 4.63 Å². The predicted molar refractivity (Wildman–Crippen MR) is 87.0 cm³/mol. The first kappa shape index (κ1) is 14.7. The molecule has 0 saturated heterocycles. The van der Waals surface area contributed by atoms with Crippen LogP contribution in [0.2, 0.25) is 0 Å². The van der Waals surface area contributed by atoms with Gasteiger partial charge in [0.25, 0.3) is 0 Å². The molecule has 0 amide bonds. The Labute approximate surface area is 136 Å². The molecule has 6 nitrogen and oxygen atoms in total. The predicted octanol–water partition coefficient (Wildman–Crippen LogP) is 3.50. The summed E-state index contributed by atoms with van der Waals surface area (Å²) in [4.78, 5) is 12.9. The largest absolute Gasteiger partial charge is 0.357 e. The van der Waals surface area contributed by atoms with Gasteiger partial charge < -0.3 is 10.6 Å². The molecule has 0 bridgehead atoms. The van der Waals surface area contributed by atoms with Crippen LogP contribution in [0.1, 0.15) is 58.8 Å². The molecule has 1 fully saturated rings. The van der Waals surface area contributed by atoms with Crippen LogP contribution in [0.25, 0.3) is 0 Å². The van der Waals surface area contributed by atoms with Crippen molar-refractivity contribution in [3.63, 3.8) is 0 Å². The number of hydrogen-bond acceptors (Lipinski definition) is 6. The Hall–Kier alpha value is -1.85. The van der Waals surface area contributed by atoms with E-state index in [9.17, 15) is 4.79 Å². The molecule has 0 radical (unpaired) electrons. The molecule has 1 aromatic heterocycles. The summed E-state index contributed by atoms with van der Waals surface area (Å²) < 4.78 is 4.88. The van der Waals surface area contributed by atoms with Crippen LogP contribution in [0.15, 0.2) is 15.9 Å². The van der Waals surface area contributed by atoms with E-state index in [2.05, 4.69) is 34.8 Å². The van der Waals surface area contributed by atoms with Crippen molar-refractivity contribution in [1.29, 1.82) is 0 Å². The summed E-state index contributed by atoms with van der Waals surface area (Å²) in [6, 6.07) is 0.0227. The van der Waals surface area contributed by atoms with Crippen LogP contribution in [0.5, 0.6) is 0 Å². The van der Waals surface area contributed by atoms with Crippen LogP contribution in [-0.4, -0.2) is 22.1 Å². The standard InChI is InChI=1S/C17H24N4O2/c1-17(2)8-11-13(12(22)9-17)14(10-6-4-3-5-7-10)19-16-15(18-11)20-23-21-16/h10,14H,3-9H2,1-2H3,(H,18,20)(H,19,21). The number of allylic oxidation sites excluding steroid dienone is 1. The van der Waals surface area contributed by atoms with Crippen molar-refractivity contribution in [2.75, 3.05) is 10.6 Å². The zero-order valence-corrected chi connectivity index (χ0v) is 13.8. The first-order valence-corrected chi connectivity index (χ1v) is 8.66. The number of carbonyl (C=O) groups is 1. The average molecular weight is 316 g/mol.